The molecule has 4 rings (SSSR count). The molecule has 36 heavy (non-hydrogen) atoms. The maximum absolute atomic E-state index is 12.7. The Morgan fingerprint density at radius 2 is 1.42 bits per heavy atom. The van der Waals surface area contributed by atoms with E-state index in [1.54, 1.807) is 0 Å². The monoisotopic (exact) mass is 485 g/mol. The van der Waals surface area contributed by atoms with Crippen molar-refractivity contribution in [2.75, 3.05) is 6.61 Å². The Morgan fingerprint density at radius 1 is 0.806 bits per heavy atom. The second kappa shape index (κ2) is 12.2. The zero-order valence-electron chi connectivity index (χ0n) is 20.2. The first-order chi connectivity index (χ1) is 17.5. The minimum atomic E-state index is -1.14. The van der Waals surface area contributed by atoms with Crippen LogP contribution in [-0.4, -0.2) is 35.6 Å². The Kier molecular flexibility index (Phi) is 8.50. The van der Waals surface area contributed by atoms with Gasteiger partial charge in [-0.2, -0.15) is 0 Å². The number of hydrogen-bond donors (Lipinski definition) is 2. The molecule has 0 bridgehead atoms. The molecule has 0 saturated carbocycles. The van der Waals surface area contributed by atoms with Gasteiger partial charge >= 0.3 is 12.1 Å². The van der Waals surface area contributed by atoms with Gasteiger partial charge in [0.1, 0.15) is 12.6 Å². The van der Waals surface area contributed by atoms with Crippen LogP contribution in [0.15, 0.2) is 78.9 Å². The van der Waals surface area contributed by atoms with E-state index in [4.69, 9.17) is 4.74 Å². The van der Waals surface area contributed by atoms with E-state index in [0.717, 1.165) is 41.5 Å². The highest BCUT2D eigenvalue weighted by molar-refractivity contribution is 5.90. The predicted octanol–water partition coefficient (Wildman–Crippen LogP) is 5.74. The summed E-state index contributed by atoms with van der Waals surface area (Å²) < 4.78 is 5.50. The Bertz CT molecular complexity index is 1160. The van der Waals surface area contributed by atoms with Gasteiger partial charge in [-0.1, -0.05) is 85.3 Å². The van der Waals surface area contributed by atoms with Crippen LogP contribution in [0.4, 0.5) is 4.79 Å². The second-order valence-electron chi connectivity index (χ2n) is 9.13. The molecule has 3 aromatic carbocycles. The number of carbonyl (C=O) groups excluding carboxylic acids is 2. The van der Waals surface area contributed by atoms with Crippen molar-refractivity contribution in [1.29, 1.82) is 0 Å². The van der Waals surface area contributed by atoms with Gasteiger partial charge in [-0.05, 0) is 47.1 Å². The minimum absolute atomic E-state index is 0.104. The molecule has 1 aliphatic rings. The number of carboxylic acid groups (broad SMARTS) is 1. The zero-order chi connectivity index (χ0) is 25.3. The van der Waals surface area contributed by atoms with Gasteiger partial charge in [-0.3, -0.25) is 9.59 Å². The average molecular weight is 486 g/mol. The largest absolute Gasteiger partial charge is 0.481 e. The second-order valence-corrected chi connectivity index (χ2v) is 9.13. The molecule has 1 aliphatic carbocycles. The van der Waals surface area contributed by atoms with Gasteiger partial charge in [-0.15, -0.1) is 0 Å². The van der Waals surface area contributed by atoms with Crippen LogP contribution in [0.3, 0.4) is 0 Å². The third-order valence-electron chi connectivity index (χ3n) is 6.63. The Labute approximate surface area is 211 Å². The molecule has 3 aromatic rings. The van der Waals surface area contributed by atoms with Crippen molar-refractivity contribution in [3.63, 3.8) is 0 Å². The van der Waals surface area contributed by atoms with Crippen molar-refractivity contribution in [3.8, 4) is 11.1 Å². The topological polar surface area (TPSA) is 92.7 Å². The lowest BCUT2D eigenvalue weighted by atomic mass is 9.98. The lowest BCUT2D eigenvalue weighted by Crippen LogP contribution is -2.42. The number of nitrogens with one attached hydrogen (secondary N) is 1. The SMILES string of the molecule is O=C(O)C[C@H](NC(=O)OCC1c2ccccc2-c2ccccc21)C(=O)CCCCCc1ccccc1. The highest BCUT2D eigenvalue weighted by atomic mass is 16.5. The van der Waals surface area contributed by atoms with Gasteiger partial charge in [0.2, 0.25) is 0 Å². The number of rotatable bonds is 12. The number of unbranched alkanes of at least 4 members (excludes halogenated alkanes) is 2. The Morgan fingerprint density at radius 3 is 2.06 bits per heavy atom. The smallest absolute Gasteiger partial charge is 0.407 e. The van der Waals surface area contributed by atoms with Crippen molar-refractivity contribution in [2.24, 2.45) is 0 Å². The van der Waals surface area contributed by atoms with E-state index in [1.165, 1.54) is 5.56 Å². The van der Waals surface area contributed by atoms with E-state index in [2.05, 4.69) is 29.6 Å². The van der Waals surface area contributed by atoms with Crippen LogP contribution in [0.1, 0.15) is 54.7 Å². The highest BCUT2D eigenvalue weighted by Crippen LogP contribution is 2.44. The maximum atomic E-state index is 12.7. The molecule has 0 spiro atoms. The van der Waals surface area contributed by atoms with Crippen molar-refractivity contribution >= 4 is 17.8 Å². The van der Waals surface area contributed by atoms with Crippen molar-refractivity contribution in [3.05, 3.63) is 95.6 Å². The van der Waals surface area contributed by atoms with E-state index in [-0.39, 0.29) is 24.7 Å². The summed E-state index contributed by atoms with van der Waals surface area (Å²) in [5.74, 6) is -1.54. The van der Waals surface area contributed by atoms with Gasteiger partial charge in [0.25, 0.3) is 0 Å². The normalized spacial score (nSPS) is 12.9. The van der Waals surface area contributed by atoms with Gasteiger partial charge in [0, 0.05) is 12.3 Å². The number of ether oxygens (including phenoxy) is 1. The fraction of sp³-hybridized carbons (Fsp3) is 0.300. The number of aryl methyl sites for hydroxylation is 1. The maximum Gasteiger partial charge on any atom is 0.407 e. The van der Waals surface area contributed by atoms with Crippen LogP contribution in [0.25, 0.3) is 11.1 Å². The molecule has 0 aliphatic heterocycles. The van der Waals surface area contributed by atoms with Gasteiger partial charge < -0.3 is 15.2 Å². The standard InChI is InChI=1S/C30H31NO5/c32-28(18-6-2-5-13-21-11-3-1-4-12-21)27(19-29(33)34)31-30(35)36-20-26-24-16-9-7-14-22(24)23-15-8-10-17-25(23)26/h1,3-4,7-12,14-17,26-27H,2,5-6,13,18-20H2,(H,31,35)(H,33,34)/t27-/m0/s1. The van der Waals surface area contributed by atoms with Gasteiger partial charge in [0.15, 0.2) is 5.78 Å². The van der Waals surface area contributed by atoms with Crippen molar-refractivity contribution < 1.29 is 24.2 Å². The molecule has 0 unspecified atom stereocenters. The molecule has 186 valence electrons. The lowest BCUT2D eigenvalue weighted by molar-refractivity contribution is -0.139. The summed E-state index contributed by atoms with van der Waals surface area (Å²) in [5, 5.41) is 11.8. The summed E-state index contributed by atoms with van der Waals surface area (Å²) in [4.78, 5) is 36.6. The number of benzene rings is 3. The average Bonchev–Trinajstić information content (AvgIpc) is 3.21. The fourth-order valence-electron chi connectivity index (χ4n) is 4.83. The third-order valence-corrected chi connectivity index (χ3v) is 6.63. The molecule has 1 amide bonds. The molecule has 6 nitrogen and oxygen atoms in total. The number of carboxylic acids is 1. The summed E-state index contributed by atoms with van der Waals surface area (Å²) >= 11 is 0. The first kappa shape index (κ1) is 25.2. The Balaban J connectivity index is 1.28. The summed E-state index contributed by atoms with van der Waals surface area (Å²) in [5.41, 5.74) is 5.66. The van der Waals surface area contributed by atoms with E-state index in [9.17, 15) is 19.5 Å². The third kappa shape index (κ3) is 6.39. The molecule has 6 heteroatoms. The summed E-state index contributed by atoms with van der Waals surface area (Å²) in [6.45, 7) is 0.104. The number of alkyl carbamates (subject to hydrolysis) is 1. The number of hydrogen-bond acceptors (Lipinski definition) is 4. The summed E-state index contributed by atoms with van der Waals surface area (Å²) in [6.07, 6.45) is 2.36. The number of carbonyl (C=O) groups is 3. The number of fused-ring (bicyclic) bond motifs is 3. The van der Waals surface area contributed by atoms with E-state index in [0.29, 0.717) is 6.42 Å². The fourth-order valence-corrected chi connectivity index (χ4v) is 4.83. The van der Waals surface area contributed by atoms with Gasteiger partial charge in [-0.25, -0.2) is 4.79 Å². The number of amides is 1. The molecule has 1 atom stereocenters. The number of ketones is 1. The first-order valence-electron chi connectivity index (χ1n) is 12.4. The lowest BCUT2D eigenvalue weighted by Gasteiger charge is -2.18. The first-order valence-corrected chi connectivity index (χ1v) is 12.4. The summed E-state index contributed by atoms with van der Waals surface area (Å²) in [6, 6.07) is 25.1. The van der Waals surface area contributed by atoms with Crippen LogP contribution in [0.2, 0.25) is 0 Å². The molecule has 0 fully saturated rings. The van der Waals surface area contributed by atoms with E-state index in [1.807, 2.05) is 54.6 Å². The number of aliphatic carboxylic acids is 1. The molecular formula is C30H31NO5. The van der Waals surface area contributed by atoms with Crippen LogP contribution >= 0.6 is 0 Å². The van der Waals surface area contributed by atoms with Crippen molar-refractivity contribution in [2.45, 2.75) is 50.5 Å². The van der Waals surface area contributed by atoms with Crippen LogP contribution < -0.4 is 5.32 Å². The highest BCUT2D eigenvalue weighted by Gasteiger charge is 2.30. The van der Waals surface area contributed by atoms with Crippen LogP contribution in [0.5, 0.6) is 0 Å². The minimum Gasteiger partial charge on any atom is -0.481 e. The predicted molar refractivity (Wildman–Crippen MR) is 138 cm³/mol. The van der Waals surface area contributed by atoms with Crippen molar-refractivity contribution in [1.82, 2.24) is 5.32 Å². The Hall–Kier alpha value is -3.93. The van der Waals surface area contributed by atoms with Crippen LogP contribution in [-0.2, 0) is 20.7 Å². The molecule has 0 saturated heterocycles. The number of Topliss-reactive ketones (excluding diaryl/α,β-unsaturated/α-hetero) is 1. The van der Waals surface area contributed by atoms with Crippen LogP contribution in [0, 0.1) is 0 Å². The van der Waals surface area contributed by atoms with E-state index >= 15 is 0 Å². The molecule has 0 heterocycles. The zero-order valence-corrected chi connectivity index (χ0v) is 20.2. The molecular weight excluding hydrogens is 454 g/mol. The summed E-state index contributed by atoms with van der Waals surface area (Å²) in [7, 11) is 0. The molecule has 0 aromatic heterocycles. The molecule has 0 radical (unpaired) electrons. The quantitative estimate of drug-likeness (QED) is 0.319. The van der Waals surface area contributed by atoms with Gasteiger partial charge in [0.05, 0.1) is 6.42 Å². The van der Waals surface area contributed by atoms with E-state index < -0.39 is 24.5 Å². The molecule has 2 N–H and O–H groups in total.